The van der Waals surface area contributed by atoms with Crippen molar-refractivity contribution in [3.05, 3.63) is 24.0 Å². The maximum atomic E-state index is 12.9. The third-order valence-electron chi connectivity index (χ3n) is 2.53. The molecular weight excluding hydrogens is 197 g/mol. The van der Waals surface area contributed by atoms with Gasteiger partial charge in [-0.1, -0.05) is 0 Å². The second kappa shape index (κ2) is 3.70. The van der Waals surface area contributed by atoms with E-state index in [1.165, 1.54) is 19.2 Å². The predicted molar refractivity (Wildman–Crippen MR) is 54.6 cm³/mol. The fourth-order valence-electron chi connectivity index (χ4n) is 1.29. The van der Waals surface area contributed by atoms with Gasteiger partial charge in [-0.25, -0.2) is 4.39 Å². The highest BCUT2D eigenvalue weighted by Gasteiger charge is 2.39. The van der Waals surface area contributed by atoms with E-state index in [1.54, 1.807) is 6.07 Å². The van der Waals surface area contributed by atoms with Gasteiger partial charge in [0.05, 0.1) is 12.6 Å². The molecule has 0 aliphatic heterocycles. The van der Waals surface area contributed by atoms with Crippen LogP contribution in [0.3, 0.4) is 0 Å². The summed E-state index contributed by atoms with van der Waals surface area (Å²) in [5, 5.41) is 0. The molecule has 0 unspecified atom stereocenters. The highest BCUT2D eigenvalue weighted by molar-refractivity contribution is 5.40. The van der Waals surface area contributed by atoms with Crippen LogP contribution in [0.2, 0.25) is 0 Å². The van der Waals surface area contributed by atoms with Crippen LogP contribution in [-0.4, -0.2) is 19.3 Å². The summed E-state index contributed by atoms with van der Waals surface area (Å²) in [5.41, 5.74) is 5.69. The summed E-state index contributed by atoms with van der Waals surface area (Å²) in [6.45, 7) is 0.453. The molecule has 0 amide bonds. The normalized spacial score (nSPS) is 17.3. The van der Waals surface area contributed by atoms with Crippen LogP contribution in [0.25, 0.3) is 0 Å². The summed E-state index contributed by atoms with van der Waals surface area (Å²) in [6, 6.07) is 4.19. The molecule has 1 aliphatic carbocycles. The highest BCUT2D eigenvalue weighted by Crippen LogP contribution is 2.34. The average Bonchev–Trinajstić information content (AvgIpc) is 2.95. The number of rotatable bonds is 4. The summed E-state index contributed by atoms with van der Waals surface area (Å²) in [4.78, 5) is 0. The van der Waals surface area contributed by atoms with Gasteiger partial charge in [0.1, 0.15) is 12.4 Å². The molecule has 1 aliphatic rings. The van der Waals surface area contributed by atoms with E-state index in [4.69, 9.17) is 15.2 Å². The quantitative estimate of drug-likeness (QED) is 0.824. The molecule has 0 bridgehead atoms. The van der Waals surface area contributed by atoms with Gasteiger partial charge >= 0.3 is 0 Å². The van der Waals surface area contributed by atoms with Gasteiger partial charge in [0.2, 0.25) is 0 Å². The first-order chi connectivity index (χ1) is 7.13. The Kier molecular flexibility index (Phi) is 2.52. The first-order valence-electron chi connectivity index (χ1n) is 4.88. The zero-order valence-corrected chi connectivity index (χ0v) is 8.63. The van der Waals surface area contributed by atoms with Crippen LogP contribution in [0, 0.1) is 5.82 Å². The molecule has 0 spiro atoms. The van der Waals surface area contributed by atoms with Crippen molar-refractivity contribution < 1.29 is 13.9 Å². The molecular formula is C11H14FNO2. The van der Waals surface area contributed by atoms with Crippen molar-refractivity contribution in [2.24, 2.45) is 5.73 Å². The Morgan fingerprint density at radius 3 is 2.73 bits per heavy atom. The van der Waals surface area contributed by atoms with Gasteiger partial charge in [0.25, 0.3) is 0 Å². The molecule has 82 valence electrons. The van der Waals surface area contributed by atoms with Crippen LogP contribution >= 0.6 is 0 Å². The summed E-state index contributed by atoms with van der Waals surface area (Å²) in [6.07, 6.45) is 1.97. The summed E-state index contributed by atoms with van der Waals surface area (Å²) < 4.78 is 23.4. The molecule has 1 aromatic carbocycles. The highest BCUT2D eigenvalue weighted by atomic mass is 19.1. The molecule has 1 fully saturated rings. The molecule has 0 radical (unpaired) electrons. The van der Waals surface area contributed by atoms with Gasteiger partial charge in [-0.15, -0.1) is 0 Å². The van der Waals surface area contributed by atoms with Crippen molar-refractivity contribution >= 4 is 0 Å². The van der Waals surface area contributed by atoms with Crippen molar-refractivity contribution in [2.45, 2.75) is 18.4 Å². The molecule has 0 saturated heterocycles. The molecule has 3 nitrogen and oxygen atoms in total. The van der Waals surface area contributed by atoms with Crippen molar-refractivity contribution in [1.82, 2.24) is 0 Å². The SMILES string of the molecule is COc1cc(F)ccc1OCC1(N)CC1. The van der Waals surface area contributed by atoms with E-state index >= 15 is 0 Å². The van der Waals surface area contributed by atoms with Gasteiger partial charge in [-0.2, -0.15) is 0 Å². The van der Waals surface area contributed by atoms with Gasteiger partial charge in [0.15, 0.2) is 11.5 Å². The number of ether oxygens (including phenoxy) is 2. The topological polar surface area (TPSA) is 44.5 Å². The Morgan fingerprint density at radius 2 is 2.13 bits per heavy atom. The van der Waals surface area contributed by atoms with E-state index in [2.05, 4.69) is 0 Å². The first kappa shape index (κ1) is 10.2. The largest absolute Gasteiger partial charge is 0.493 e. The smallest absolute Gasteiger partial charge is 0.163 e. The van der Waals surface area contributed by atoms with Crippen LogP contribution < -0.4 is 15.2 Å². The lowest BCUT2D eigenvalue weighted by Crippen LogP contribution is -2.29. The number of hydrogen-bond acceptors (Lipinski definition) is 3. The molecule has 1 aromatic rings. The lowest BCUT2D eigenvalue weighted by atomic mass is 10.3. The Labute approximate surface area is 88.0 Å². The molecule has 4 heteroatoms. The lowest BCUT2D eigenvalue weighted by Gasteiger charge is -2.13. The number of benzene rings is 1. The maximum absolute atomic E-state index is 12.9. The Hall–Kier alpha value is -1.29. The molecule has 0 atom stereocenters. The summed E-state index contributed by atoms with van der Waals surface area (Å²) in [5.74, 6) is 0.600. The number of nitrogens with two attached hydrogens (primary N) is 1. The molecule has 1 saturated carbocycles. The van der Waals surface area contributed by atoms with Crippen molar-refractivity contribution in [1.29, 1.82) is 0 Å². The van der Waals surface area contributed by atoms with Gasteiger partial charge in [-0.3, -0.25) is 0 Å². The standard InChI is InChI=1S/C11H14FNO2/c1-14-10-6-8(12)2-3-9(10)15-7-11(13)4-5-11/h2-3,6H,4-5,7,13H2,1H3. The second-order valence-corrected chi connectivity index (χ2v) is 3.95. The average molecular weight is 211 g/mol. The molecule has 2 rings (SSSR count). The van der Waals surface area contributed by atoms with Crippen LogP contribution in [0.15, 0.2) is 18.2 Å². The number of halogens is 1. The van der Waals surface area contributed by atoms with E-state index < -0.39 is 0 Å². The molecule has 0 heterocycles. The zero-order valence-electron chi connectivity index (χ0n) is 8.63. The molecule has 2 N–H and O–H groups in total. The minimum absolute atomic E-state index is 0.181. The van der Waals surface area contributed by atoms with Gasteiger partial charge in [0, 0.05) is 6.07 Å². The van der Waals surface area contributed by atoms with Gasteiger partial charge < -0.3 is 15.2 Å². The third-order valence-corrected chi connectivity index (χ3v) is 2.53. The number of methoxy groups -OCH3 is 1. The summed E-state index contributed by atoms with van der Waals surface area (Å²) in [7, 11) is 1.48. The minimum Gasteiger partial charge on any atom is -0.493 e. The van der Waals surface area contributed by atoms with E-state index in [0.29, 0.717) is 18.1 Å². The number of hydrogen-bond donors (Lipinski definition) is 1. The first-order valence-corrected chi connectivity index (χ1v) is 4.88. The van der Waals surface area contributed by atoms with Crippen molar-refractivity contribution in [3.8, 4) is 11.5 Å². The van der Waals surface area contributed by atoms with Gasteiger partial charge in [-0.05, 0) is 25.0 Å². The zero-order chi connectivity index (χ0) is 10.9. The molecule has 15 heavy (non-hydrogen) atoms. The predicted octanol–water partition coefficient (Wildman–Crippen LogP) is 1.70. The lowest BCUT2D eigenvalue weighted by molar-refractivity contribution is 0.263. The van der Waals surface area contributed by atoms with E-state index in [9.17, 15) is 4.39 Å². The maximum Gasteiger partial charge on any atom is 0.163 e. The van der Waals surface area contributed by atoms with Crippen molar-refractivity contribution in [2.75, 3.05) is 13.7 Å². The van der Waals surface area contributed by atoms with E-state index in [0.717, 1.165) is 12.8 Å². The fourth-order valence-corrected chi connectivity index (χ4v) is 1.29. The van der Waals surface area contributed by atoms with E-state index in [1.807, 2.05) is 0 Å². The Bertz CT molecular complexity index is 364. The summed E-state index contributed by atoms with van der Waals surface area (Å²) >= 11 is 0. The van der Waals surface area contributed by atoms with Crippen molar-refractivity contribution in [3.63, 3.8) is 0 Å². The Balaban J connectivity index is 2.06. The Morgan fingerprint density at radius 1 is 1.40 bits per heavy atom. The monoisotopic (exact) mass is 211 g/mol. The van der Waals surface area contributed by atoms with Crippen LogP contribution in [0.4, 0.5) is 4.39 Å². The van der Waals surface area contributed by atoms with Crippen LogP contribution in [-0.2, 0) is 0 Å². The minimum atomic E-state index is -0.340. The third kappa shape index (κ3) is 2.39. The van der Waals surface area contributed by atoms with Crippen LogP contribution in [0.1, 0.15) is 12.8 Å². The second-order valence-electron chi connectivity index (χ2n) is 3.95. The molecule has 0 aromatic heterocycles. The fraction of sp³-hybridized carbons (Fsp3) is 0.455. The van der Waals surface area contributed by atoms with E-state index in [-0.39, 0.29) is 11.4 Å². The van der Waals surface area contributed by atoms with Crippen LogP contribution in [0.5, 0.6) is 11.5 Å².